The van der Waals surface area contributed by atoms with Crippen molar-refractivity contribution in [3.63, 3.8) is 0 Å². The van der Waals surface area contributed by atoms with Crippen LogP contribution in [0.25, 0.3) is 0 Å². The van der Waals surface area contributed by atoms with E-state index in [9.17, 15) is 5.11 Å². The quantitative estimate of drug-likeness (QED) is 0.772. The molecule has 76 valence electrons. The number of aromatic hydroxyl groups is 1. The molecule has 1 N–H and O–H groups in total. The van der Waals surface area contributed by atoms with Crippen LogP contribution >= 0.6 is 23.2 Å². The van der Waals surface area contributed by atoms with Gasteiger partial charge in [0.15, 0.2) is 0 Å². The van der Waals surface area contributed by atoms with E-state index in [4.69, 9.17) is 23.2 Å². The largest absolute Gasteiger partial charge is 0.508 e. The lowest BCUT2D eigenvalue weighted by Gasteiger charge is -2.05. The van der Waals surface area contributed by atoms with Gasteiger partial charge in [0.1, 0.15) is 5.75 Å². The molecule has 1 nitrogen and oxygen atoms in total. The maximum absolute atomic E-state index is 9.54. The summed E-state index contributed by atoms with van der Waals surface area (Å²) in [6.07, 6.45) is 5.58. The Bertz CT molecular complexity index is 345. The summed E-state index contributed by atoms with van der Waals surface area (Å²) in [6, 6.07) is 3.15. The van der Waals surface area contributed by atoms with Crippen molar-refractivity contribution in [3.05, 3.63) is 39.9 Å². The van der Waals surface area contributed by atoms with Gasteiger partial charge >= 0.3 is 0 Å². The van der Waals surface area contributed by atoms with Crippen molar-refractivity contribution in [3.8, 4) is 5.75 Å². The highest BCUT2D eigenvalue weighted by Gasteiger charge is 2.08. The minimum atomic E-state index is 0.195. The molecule has 14 heavy (non-hydrogen) atoms. The molecule has 3 heteroatoms. The van der Waals surface area contributed by atoms with Crippen LogP contribution < -0.4 is 0 Å². The molecular weight excluding hydrogens is 219 g/mol. The van der Waals surface area contributed by atoms with Crippen LogP contribution in [-0.4, -0.2) is 5.11 Å². The van der Waals surface area contributed by atoms with E-state index in [0.717, 1.165) is 6.42 Å². The smallest absolute Gasteiger partial charge is 0.120 e. The first-order valence-electron chi connectivity index (χ1n) is 4.47. The van der Waals surface area contributed by atoms with E-state index in [1.807, 2.05) is 12.2 Å². The number of hydrogen-bond acceptors (Lipinski definition) is 1. The van der Waals surface area contributed by atoms with Crippen molar-refractivity contribution in [1.29, 1.82) is 0 Å². The number of benzene rings is 1. The van der Waals surface area contributed by atoms with Crippen LogP contribution in [0.3, 0.4) is 0 Å². The maximum atomic E-state index is 9.54. The van der Waals surface area contributed by atoms with Crippen LogP contribution in [0.2, 0.25) is 10.0 Å². The number of phenols is 1. The predicted octanol–water partition coefficient (Wildman–Crippen LogP) is 4.21. The van der Waals surface area contributed by atoms with Crippen molar-refractivity contribution < 1.29 is 5.11 Å². The van der Waals surface area contributed by atoms with Crippen LogP contribution in [0.1, 0.15) is 18.9 Å². The van der Waals surface area contributed by atoms with E-state index < -0.39 is 0 Å². The van der Waals surface area contributed by atoms with Crippen molar-refractivity contribution in [2.24, 2.45) is 0 Å². The number of phenolic OH excluding ortho intramolecular Hbond substituents is 1. The lowest BCUT2D eigenvalue weighted by Crippen LogP contribution is -1.85. The van der Waals surface area contributed by atoms with E-state index in [2.05, 4.69) is 6.92 Å². The van der Waals surface area contributed by atoms with Gasteiger partial charge < -0.3 is 5.11 Å². The Morgan fingerprint density at radius 3 is 2.64 bits per heavy atom. The first-order valence-corrected chi connectivity index (χ1v) is 5.23. The first-order chi connectivity index (χ1) is 6.66. The first kappa shape index (κ1) is 11.4. The third kappa shape index (κ3) is 2.66. The van der Waals surface area contributed by atoms with Gasteiger partial charge in [-0.05, 0) is 25.0 Å². The number of hydrogen-bond donors (Lipinski definition) is 1. The highest BCUT2D eigenvalue weighted by atomic mass is 35.5. The summed E-state index contributed by atoms with van der Waals surface area (Å²) in [6.45, 7) is 2.05. The summed E-state index contributed by atoms with van der Waals surface area (Å²) in [5.74, 6) is 0.195. The monoisotopic (exact) mass is 230 g/mol. The summed E-state index contributed by atoms with van der Waals surface area (Å²) in [4.78, 5) is 0. The normalized spacial score (nSPS) is 11.1. The zero-order valence-electron chi connectivity index (χ0n) is 7.93. The highest BCUT2D eigenvalue weighted by molar-refractivity contribution is 6.42. The molecule has 0 atom stereocenters. The molecule has 1 rings (SSSR count). The molecule has 0 spiro atoms. The Labute approximate surface area is 94.0 Å². The van der Waals surface area contributed by atoms with Crippen LogP contribution in [0.15, 0.2) is 24.3 Å². The lowest BCUT2D eigenvalue weighted by atomic mass is 10.1. The Morgan fingerprint density at radius 2 is 2.00 bits per heavy atom. The van der Waals surface area contributed by atoms with Gasteiger partial charge in [0.25, 0.3) is 0 Å². The average molecular weight is 231 g/mol. The topological polar surface area (TPSA) is 20.2 Å². The summed E-state index contributed by atoms with van der Waals surface area (Å²) in [5, 5.41) is 10.5. The summed E-state index contributed by atoms with van der Waals surface area (Å²) in [5.41, 5.74) is 0.684. The zero-order valence-corrected chi connectivity index (χ0v) is 9.44. The summed E-state index contributed by atoms with van der Waals surface area (Å²) >= 11 is 11.8. The number of halogens is 2. The molecule has 0 heterocycles. The average Bonchev–Trinajstić information content (AvgIpc) is 2.18. The van der Waals surface area contributed by atoms with Crippen LogP contribution in [-0.2, 0) is 6.42 Å². The third-order valence-corrected chi connectivity index (χ3v) is 2.74. The van der Waals surface area contributed by atoms with Crippen LogP contribution in [0.4, 0.5) is 0 Å². The van der Waals surface area contributed by atoms with Gasteiger partial charge in [0, 0.05) is 5.56 Å². The Hall–Kier alpha value is -0.660. The minimum absolute atomic E-state index is 0.195. The third-order valence-electron chi connectivity index (χ3n) is 1.90. The summed E-state index contributed by atoms with van der Waals surface area (Å²) < 4.78 is 0. The molecule has 1 aromatic carbocycles. The molecule has 0 amide bonds. The second-order valence-electron chi connectivity index (χ2n) is 2.94. The fourth-order valence-electron chi connectivity index (χ4n) is 1.14. The molecule has 0 bridgehead atoms. The SMILES string of the molecule is CCC=CCc1c(O)ccc(Cl)c1Cl. The molecule has 0 saturated carbocycles. The van der Waals surface area contributed by atoms with Crippen LogP contribution in [0, 0.1) is 0 Å². The van der Waals surface area contributed by atoms with E-state index in [1.165, 1.54) is 0 Å². The van der Waals surface area contributed by atoms with Gasteiger partial charge in [-0.15, -0.1) is 0 Å². The van der Waals surface area contributed by atoms with Gasteiger partial charge in [-0.3, -0.25) is 0 Å². The van der Waals surface area contributed by atoms with Gasteiger partial charge in [-0.1, -0.05) is 42.3 Å². The fourth-order valence-corrected chi connectivity index (χ4v) is 1.56. The molecule has 0 unspecified atom stereocenters. The standard InChI is InChI=1S/C11H12Cl2O/c1-2-3-4-5-8-10(14)7-6-9(12)11(8)13/h3-4,6-7,14H,2,5H2,1H3. The molecular formula is C11H12Cl2O. The fraction of sp³-hybridized carbons (Fsp3) is 0.273. The maximum Gasteiger partial charge on any atom is 0.120 e. The molecule has 0 saturated heterocycles. The Balaban J connectivity index is 2.95. The van der Waals surface area contributed by atoms with E-state index in [1.54, 1.807) is 12.1 Å². The Morgan fingerprint density at radius 1 is 1.29 bits per heavy atom. The zero-order chi connectivity index (χ0) is 10.6. The molecule has 1 aromatic rings. The predicted molar refractivity (Wildman–Crippen MR) is 61.3 cm³/mol. The van der Waals surface area contributed by atoms with Gasteiger partial charge in [0.2, 0.25) is 0 Å². The van der Waals surface area contributed by atoms with Crippen molar-refractivity contribution in [2.45, 2.75) is 19.8 Å². The van der Waals surface area contributed by atoms with Crippen molar-refractivity contribution in [1.82, 2.24) is 0 Å². The van der Waals surface area contributed by atoms with E-state index >= 15 is 0 Å². The molecule has 0 fully saturated rings. The molecule has 0 aromatic heterocycles. The molecule has 0 aliphatic carbocycles. The molecule has 0 aliphatic heterocycles. The van der Waals surface area contributed by atoms with Gasteiger partial charge in [-0.2, -0.15) is 0 Å². The van der Waals surface area contributed by atoms with Gasteiger partial charge in [0.05, 0.1) is 10.0 Å². The van der Waals surface area contributed by atoms with Crippen LogP contribution in [0.5, 0.6) is 5.75 Å². The second kappa shape index (κ2) is 5.28. The molecule has 0 aliphatic rings. The highest BCUT2D eigenvalue weighted by Crippen LogP contribution is 2.32. The van der Waals surface area contributed by atoms with Crippen molar-refractivity contribution >= 4 is 23.2 Å². The summed E-state index contributed by atoms with van der Waals surface area (Å²) in [7, 11) is 0. The Kier molecular flexibility index (Phi) is 4.30. The second-order valence-corrected chi connectivity index (χ2v) is 3.73. The lowest BCUT2D eigenvalue weighted by molar-refractivity contribution is 0.470. The van der Waals surface area contributed by atoms with E-state index in [0.29, 0.717) is 22.0 Å². The number of rotatable bonds is 3. The number of allylic oxidation sites excluding steroid dienone is 2. The van der Waals surface area contributed by atoms with Gasteiger partial charge in [-0.25, -0.2) is 0 Å². The van der Waals surface area contributed by atoms with Crippen molar-refractivity contribution in [2.75, 3.05) is 0 Å². The van der Waals surface area contributed by atoms with E-state index in [-0.39, 0.29) is 5.75 Å². The minimum Gasteiger partial charge on any atom is -0.508 e. The molecule has 0 radical (unpaired) electrons.